The summed E-state index contributed by atoms with van der Waals surface area (Å²) in [4.78, 5) is 2.21. The zero-order valence-electron chi connectivity index (χ0n) is 11.0. The lowest BCUT2D eigenvalue weighted by atomic mass is 10.2. The number of rotatable bonds is 7. The summed E-state index contributed by atoms with van der Waals surface area (Å²) < 4.78 is 28.1. The maximum absolute atomic E-state index is 11.9. The van der Waals surface area contributed by atoms with E-state index in [4.69, 9.17) is 0 Å². The summed E-state index contributed by atoms with van der Waals surface area (Å²) >= 11 is 0. The van der Waals surface area contributed by atoms with Crippen molar-refractivity contribution in [3.8, 4) is 0 Å². The molecule has 1 aliphatic rings. The van der Waals surface area contributed by atoms with Crippen molar-refractivity contribution in [3.05, 3.63) is 0 Å². The van der Waals surface area contributed by atoms with Gasteiger partial charge in [-0.2, -0.15) is 12.7 Å². The second-order valence-electron chi connectivity index (χ2n) is 4.39. The molecule has 0 bridgehead atoms. The number of piperidine rings is 1. The Bertz CT molecular complexity index is 296. The molecule has 0 aromatic heterocycles. The molecule has 0 unspecified atom stereocenters. The Kier molecular flexibility index (Phi) is 6.40. The smallest absolute Gasteiger partial charge is 0.279 e. The largest absolute Gasteiger partial charge is 0.303 e. The van der Waals surface area contributed by atoms with E-state index < -0.39 is 10.2 Å². The van der Waals surface area contributed by atoms with E-state index in [9.17, 15) is 8.42 Å². The van der Waals surface area contributed by atoms with E-state index in [2.05, 4.69) is 23.5 Å². The van der Waals surface area contributed by atoms with Crippen molar-refractivity contribution in [2.75, 3.05) is 39.3 Å². The third-order valence-corrected chi connectivity index (χ3v) is 4.88. The van der Waals surface area contributed by atoms with Crippen molar-refractivity contribution in [1.82, 2.24) is 13.9 Å². The van der Waals surface area contributed by atoms with E-state index in [0.29, 0.717) is 19.6 Å². The minimum atomic E-state index is -3.24. The summed E-state index contributed by atoms with van der Waals surface area (Å²) in [5, 5.41) is 0. The highest BCUT2D eigenvalue weighted by Crippen LogP contribution is 2.11. The molecular formula is C11H25N3O2S. The van der Waals surface area contributed by atoms with Crippen molar-refractivity contribution in [2.45, 2.75) is 33.1 Å². The van der Waals surface area contributed by atoms with Gasteiger partial charge in [-0.1, -0.05) is 20.3 Å². The van der Waals surface area contributed by atoms with Crippen LogP contribution >= 0.6 is 0 Å². The number of nitrogens with zero attached hydrogens (tertiary/aromatic N) is 2. The predicted octanol–water partition coefficient (Wildman–Crippen LogP) is 0.649. The molecule has 0 radical (unpaired) electrons. The first kappa shape index (κ1) is 14.9. The minimum Gasteiger partial charge on any atom is -0.303 e. The molecule has 0 aromatic carbocycles. The van der Waals surface area contributed by atoms with Gasteiger partial charge < -0.3 is 4.90 Å². The molecule has 1 saturated heterocycles. The Morgan fingerprint density at radius 2 is 1.71 bits per heavy atom. The second-order valence-corrected chi connectivity index (χ2v) is 6.14. The quantitative estimate of drug-likeness (QED) is 0.734. The van der Waals surface area contributed by atoms with Gasteiger partial charge >= 0.3 is 0 Å². The first-order valence-corrected chi connectivity index (χ1v) is 8.01. The lowest BCUT2D eigenvalue weighted by molar-refractivity contribution is 0.304. The summed E-state index contributed by atoms with van der Waals surface area (Å²) in [6, 6.07) is 0. The zero-order chi connectivity index (χ0) is 12.7. The molecule has 1 heterocycles. The Hall–Kier alpha value is -0.170. The molecule has 1 aliphatic heterocycles. The highest BCUT2D eigenvalue weighted by atomic mass is 32.2. The van der Waals surface area contributed by atoms with E-state index in [1.807, 2.05) is 0 Å². The molecule has 17 heavy (non-hydrogen) atoms. The number of hydrogen-bond acceptors (Lipinski definition) is 3. The van der Waals surface area contributed by atoms with Crippen LogP contribution in [0, 0.1) is 0 Å². The van der Waals surface area contributed by atoms with E-state index >= 15 is 0 Å². The fourth-order valence-corrected chi connectivity index (χ4v) is 3.34. The van der Waals surface area contributed by atoms with Crippen LogP contribution in [0.5, 0.6) is 0 Å². The van der Waals surface area contributed by atoms with Crippen LogP contribution in [0.2, 0.25) is 0 Å². The lowest BCUT2D eigenvalue weighted by Crippen LogP contribution is -2.45. The maximum Gasteiger partial charge on any atom is 0.279 e. The molecule has 0 spiro atoms. The molecular weight excluding hydrogens is 238 g/mol. The van der Waals surface area contributed by atoms with Gasteiger partial charge in [0.05, 0.1) is 0 Å². The SMILES string of the molecule is CCN(CC)CCNS(=O)(=O)N1CCCCC1. The second kappa shape index (κ2) is 7.31. The Balaban J connectivity index is 2.33. The summed E-state index contributed by atoms with van der Waals surface area (Å²) in [6.07, 6.45) is 3.11. The summed E-state index contributed by atoms with van der Waals surface area (Å²) in [6.45, 7) is 8.71. The fourth-order valence-electron chi connectivity index (χ4n) is 2.07. The molecule has 0 aliphatic carbocycles. The third-order valence-electron chi connectivity index (χ3n) is 3.26. The normalized spacial score (nSPS) is 18.8. The van der Waals surface area contributed by atoms with Crippen molar-refractivity contribution >= 4 is 10.2 Å². The van der Waals surface area contributed by atoms with Crippen LogP contribution < -0.4 is 4.72 Å². The van der Waals surface area contributed by atoms with Crippen LogP contribution in [0.1, 0.15) is 33.1 Å². The van der Waals surface area contributed by atoms with Gasteiger partial charge in [-0.05, 0) is 25.9 Å². The van der Waals surface area contributed by atoms with Crippen molar-refractivity contribution in [1.29, 1.82) is 0 Å². The Morgan fingerprint density at radius 3 is 2.24 bits per heavy atom. The van der Waals surface area contributed by atoms with Crippen LogP contribution in [0.3, 0.4) is 0 Å². The van der Waals surface area contributed by atoms with Gasteiger partial charge in [-0.15, -0.1) is 0 Å². The summed E-state index contributed by atoms with van der Waals surface area (Å²) in [5.74, 6) is 0. The monoisotopic (exact) mass is 263 g/mol. The maximum atomic E-state index is 11.9. The molecule has 0 atom stereocenters. The van der Waals surface area contributed by atoms with Gasteiger partial charge in [0.15, 0.2) is 0 Å². The molecule has 102 valence electrons. The van der Waals surface area contributed by atoms with Gasteiger partial charge in [0.25, 0.3) is 10.2 Å². The topological polar surface area (TPSA) is 52.7 Å². The van der Waals surface area contributed by atoms with Crippen molar-refractivity contribution < 1.29 is 8.42 Å². The highest BCUT2D eigenvalue weighted by molar-refractivity contribution is 7.87. The van der Waals surface area contributed by atoms with Crippen LogP contribution in [-0.2, 0) is 10.2 Å². The van der Waals surface area contributed by atoms with Crippen LogP contribution in [0.4, 0.5) is 0 Å². The lowest BCUT2D eigenvalue weighted by Gasteiger charge is -2.26. The molecule has 1 fully saturated rings. The third kappa shape index (κ3) is 4.91. The molecule has 1 rings (SSSR count). The Morgan fingerprint density at radius 1 is 1.12 bits per heavy atom. The highest BCUT2D eigenvalue weighted by Gasteiger charge is 2.22. The van der Waals surface area contributed by atoms with E-state index in [0.717, 1.165) is 38.9 Å². The van der Waals surface area contributed by atoms with Crippen LogP contribution in [0.15, 0.2) is 0 Å². The van der Waals surface area contributed by atoms with E-state index in [1.54, 1.807) is 4.31 Å². The first-order valence-electron chi connectivity index (χ1n) is 6.57. The molecule has 0 aromatic rings. The number of hydrogen-bond donors (Lipinski definition) is 1. The van der Waals surface area contributed by atoms with Crippen molar-refractivity contribution in [3.63, 3.8) is 0 Å². The van der Waals surface area contributed by atoms with Crippen LogP contribution in [0.25, 0.3) is 0 Å². The number of nitrogens with one attached hydrogen (secondary N) is 1. The number of likely N-dealkylation sites (N-methyl/N-ethyl adjacent to an activating group) is 1. The van der Waals surface area contributed by atoms with E-state index in [-0.39, 0.29) is 0 Å². The first-order chi connectivity index (χ1) is 8.10. The average molecular weight is 263 g/mol. The summed E-state index contributed by atoms with van der Waals surface area (Å²) in [7, 11) is -3.24. The standard InChI is InChI=1S/C11H25N3O2S/c1-3-13(4-2)11-8-12-17(15,16)14-9-6-5-7-10-14/h12H,3-11H2,1-2H3. The van der Waals surface area contributed by atoms with Gasteiger partial charge in [-0.25, -0.2) is 4.72 Å². The van der Waals surface area contributed by atoms with Gasteiger partial charge in [0.2, 0.25) is 0 Å². The summed E-state index contributed by atoms with van der Waals surface area (Å²) in [5.41, 5.74) is 0. The van der Waals surface area contributed by atoms with E-state index in [1.165, 1.54) is 0 Å². The molecule has 0 saturated carbocycles. The van der Waals surface area contributed by atoms with Gasteiger partial charge in [0.1, 0.15) is 0 Å². The van der Waals surface area contributed by atoms with Gasteiger partial charge in [0, 0.05) is 26.2 Å². The predicted molar refractivity (Wildman–Crippen MR) is 70.1 cm³/mol. The zero-order valence-corrected chi connectivity index (χ0v) is 11.8. The molecule has 5 nitrogen and oxygen atoms in total. The van der Waals surface area contributed by atoms with Crippen molar-refractivity contribution in [2.24, 2.45) is 0 Å². The Labute approximate surface area is 105 Å². The molecule has 0 amide bonds. The van der Waals surface area contributed by atoms with Crippen LogP contribution in [-0.4, -0.2) is 56.9 Å². The fraction of sp³-hybridized carbons (Fsp3) is 1.00. The molecule has 1 N–H and O–H groups in total. The van der Waals surface area contributed by atoms with Gasteiger partial charge in [-0.3, -0.25) is 0 Å². The average Bonchev–Trinajstić information content (AvgIpc) is 2.36. The minimum absolute atomic E-state index is 0.501. The molecule has 6 heteroatoms.